The van der Waals surface area contributed by atoms with Crippen molar-refractivity contribution in [1.29, 1.82) is 0 Å². The molecule has 0 fully saturated rings. The van der Waals surface area contributed by atoms with Crippen molar-refractivity contribution in [2.24, 2.45) is 0 Å². The van der Waals surface area contributed by atoms with Crippen LogP contribution in [0.2, 0.25) is 0 Å². The van der Waals surface area contributed by atoms with Crippen LogP contribution in [0.4, 0.5) is 0 Å². The van der Waals surface area contributed by atoms with Gasteiger partial charge in [0.15, 0.2) is 6.10 Å². The van der Waals surface area contributed by atoms with Gasteiger partial charge in [0, 0.05) is 19.3 Å². The summed E-state index contributed by atoms with van der Waals surface area (Å²) in [6.45, 7) is 6.40. The van der Waals surface area contributed by atoms with E-state index in [2.05, 4.69) is 118 Å². The average Bonchev–Trinajstić information content (AvgIpc) is 3.43. The molecule has 0 heterocycles. The number of hydrogen-bond donors (Lipinski definition) is 0. The third-order valence-corrected chi connectivity index (χ3v) is 14.1. The minimum Gasteiger partial charge on any atom is -0.462 e. The number of carbonyl (C=O) groups excluding carboxylic acids is 3. The molecule has 1 atom stereocenters. The molecule has 1 unspecified atom stereocenters. The number of ether oxygens (including phenoxy) is 3. The molecule has 0 aromatic carbocycles. The van der Waals surface area contributed by atoms with Crippen LogP contribution in [0.15, 0.2) is 97.2 Å². The fourth-order valence-corrected chi connectivity index (χ4v) is 9.25. The van der Waals surface area contributed by atoms with Crippen molar-refractivity contribution in [3.8, 4) is 0 Å². The van der Waals surface area contributed by atoms with Crippen LogP contribution >= 0.6 is 0 Å². The molecule has 0 aliphatic carbocycles. The van der Waals surface area contributed by atoms with E-state index in [-0.39, 0.29) is 31.1 Å². The van der Waals surface area contributed by atoms with E-state index in [0.29, 0.717) is 19.3 Å². The molecule has 0 bridgehead atoms. The molecule has 0 saturated heterocycles. The Bertz CT molecular complexity index is 1510. The second kappa shape index (κ2) is 64.9. The summed E-state index contributed by atoms with van der Waals surface area (Å²) in [5, 5.41) is 0. The number of carbonyl (C=O) groups is 3. The fourth-order valence-electron chi connectivity index (χ4n) is 9.25. The highest BCUT2D eigenvalue weighted by Crippen LogP contribution is 2.17. The van der Waals surface area contributed by atoms with E-state index in [1.807, 2.05) is 0 Å². The Morgan fingerprint density at radius 1 is 0.273 bits per heavy atom. The Labute approximate surface area is 477 Å². The molecule has 0 aliphatic heterocycles. The van der Waals surface area contributed by atoms with Crippen LogP contribution in [-0.4, -0.2) is 37.2 Å². The van der Waals surface area contributed by atoms with Crippen LogP contribution in [-0.2, 0) is 28.6 Å². The van der Waals surface area contributed by atoms with Gasteiger partial charge in [-0.05, 0) is 96.3 Å². The predicted molar refractivity (Wildman–Crippen MR) is 334 cm³/mol. The predicted octanol–water partition coefficient (Wildman–Crippen LogP) is 22.4. The van der Waals surface area contributed by atoms with Gasteiger partial charge in [0.2, 0.25) is 0 Å². The summed E-state index contributed by atoms with van der Waals surface area (Å²) >= 11 is 0. The first-order valence-corrected chi connectivity index (χ1v) is 32.7. The summed E-state index contributed by atoms with van der Waals surface area (Å²) in [5.74, 6) is -0.875. The van der Waals surface area contributed by atoms with Gasteiger partial charge in [-0.2, -0.15) is 0 Å². The summed E-state index contributed by atoms with van der Waals surface area (Å²) in [6.07, 6.45) is 87.3. The van der Waals surface area contributed by atoms with Crippen molar-refractivity contribution in [1.82, 2.24) is 0 Å². The topological polar surface area (TPSA) is 78.9 Å². The van der Waals surface area contributed by atoms with Crippen molar-refractivity contribution in [2.75, 3.05) is 13.2 Å². The maximum absolute atomic E-state index is 12.9. The van der Waals surface area contributed by atoms with Crippen molar-refractivity contribution in [3.05, 3.63) is 97.2 Å². The number of esters is 3. The molecule has 0 aromatic heterocycles. The van der Waals surface area contributed by atoms with Crippen molar-refractivity contribution in [2.45, 2.75) is 322 Å². The number of unbranched alkanes of at least 4 members (excludes halogenated alkanes) is 32. The highest BCUT2D eigenvalue weighted by molar-refractivity contribution is 5.71. The zero-order chi connectivity index (χ0) is 55.7. The van der Waals surface area contributed by atoms with Gasteiger partial charge in [0.25, 0.3) is 0 Å². The van der Waals surface area contributed by atoms with Gasteiger partial charge in [-0.15, -0.1) is 0 Å². The van der Waals surface area contributed by atoms with Gasteiger partial charge in [0.1, 0.15) is 13.2 Å². The molecule has 77 heavy (non-hydrogen) atoms. The van der Waals surface area contributed by atoms with E-state index in [1.165, 1.54) is 167 Å². The second-order valence-electron chi connectivity index (χ2n) is 21.6. The zero-order valence-electron chi connectivity index (χ0n) is 50.7. The molecule has 6 heteroatoms. The number of allylic oxidation sites excluding steroid dienone is 16. The number of rotatable bonds is 59. The minimum absolute atomic E-state index is 0.0759. The second-order valence-corrected chi connectivity index (χ2v) is 21.6. The molecule has 6 nitrogen and oxygen atoms in total. The first-order valence-electron chi connectivity index (χ1n) is 32.7. The molecular formula is C71H122O6. The highest BCUT2D eigenvalue weighted by atomic mass is 16.6. The molecule has 0 saturated carbocycles. The maximum Gasteiger partial charge on any atom is 0.306 e. The monoisotopic (exact) mass is 1070 g/mol. The largest absolute Gasteiger partial charge is 0.462 e. The molecule has 0 aliphatic rings. The standard InChI is InChI=1S/C71H122O6/c1-4-7-10-13-16-18-20-22-24-26-28-30-32-33-34-35-36-37-39-40-42-44-46-48-50-52-55-58-61-64-70(73)76-67-68(66-75-69(72)63-60-57-54-15-12-9-6-3)77-71(74)65-62-59-56-53-51-49-47-45-43-41-38-31-29-27-25-23-21-19-17-14-11-8-5-2/h7-8,10-11,16-19,22-25,28-31,68H,4-6,9,12-15,20-21,26-27,32-67H2,1-3H3/b10-7-,11-8-,18-16-,19-17-,24-22-,25-23-,30-28-,31-29-. The Hall–Kier alpha value is -3.67. The normalized spacial score (nSPS) is 12.7. The van der Waals surface area contributed by atoms with Crippen LogP contribution in [0.25, 0.3) is 0 Å². The lowest BCUT2D eigenvalue weighted by atomic mass is 10.0. The molecule has 0 aromatic rings. The summed E-state index contributed by atoms with van der Waals surface area (Å²) in [4.78, 5) is 38.1. The van der Waals surface area contributed by atoms with Gasteiger partial charge in [-0.3, -0.25) is 14.4 Å². The van der Waals surface area contributed by atoms with E-state index < -0.39 is 6.10 Å². The highest BCUT2D eigenvalue weighted by Gasteiger charge is 2.19. The van der Waals surface area contributed by atoms with Crippen LogP contribution in [0.1, 0.15) is 316 Å². The lowest BCUT2D eigenvalue weighted by Gasteiger charge is -2.18. The molecular weight excluding hydrogens is 949 g/mol. The summed E-state index contributed by atoms with van der Waals surface area (Å²) < 4.78 is 16.9. The Morgan fingerprint density at radius 3 is 0.792 bits per heavy atom. The van der Waals surface area contributed by atoms with E-state index in [4.69, 9.17) is 14.2 Å². The smallest absolute Gasteiger partial charge is 0.306 e. The molecule has 442 valence electrons. The summed E-state index contributed by atoms with van der Waals surface area (Å²) in [6, 6.07) is 0. The van der Waals surface area contributed by atoms with Crippen LogP contribution in [0, 0.1) is 0 Å². The summed E-state index contributed by atoms with van der Waals surface area (Å²) in [7, 11) is 0. The third-order valence-electron chi connectivity index (χ3n) is 14.1. The Morgan fingerprint density at radius 2 is 0.506 bits per heavy atom. The zero-order valence-corrected chi connectivity index (χ0v) is 50.7. The van der Waals surface area contributed by atoms with Gasteiger partial charge >= 0.3 is 17.9 Å². The van der Waals surface area contributed by atoms with Gasteiger partial charge in [0.05, 0.1) is 0 Å². The lowest BCUT2D eigenvalue weighted by molar-refractivity contribution is -0.167. The van der Waals surface area contributed by atoms with Crippen molar-refractivity contribution < 1.29 is 28.6 Å². The third kappa shape index (κ3) is 63.0. The van der Waals surface area contributed by atoms with Gasteiger partial charge in [-0.1, -0.05) is 298 Å². The van der Waals surface area contributed by atoms with E-state index >= 15 is 0 Å². The average molecular weight is 1070 g/mol. The fraction of sp³-hybridized carbons (Fsp3) is 0.732. The maximum atomic E-state index is 12.9. The molecule has 0 rings (SSSR count). The van der Waals surface area contributed by atoms with Gasteiger partial charge in [-0.25, -0.2) is 0 Å². The Kier molecular flexibility index (Phi) is 61.8. The number of hydrogen-bond acceptors (Lipinski definition) is 6. The first kappa shape index (κ1) is 73.3. The van der Waals surface area contributed by atoms with Crippen LogP contribution in [0.5, 0.6) is 0 Å². The van der Waals surface area contributed by atoms with Crippen molar-refractivity contribution in [3.63, 3.8) is 0 Å². The Balaban J connectivity index is 4.09. The molecule has 0 spiro atoms. The molecule has 0 N–H and O–H groups in total. The van der Waals surface area contributed by atoms with Gasteiger partial charge < -0.3 is 14.2 Å². The van der Waals surface area contributed by atoms with E-state index in [1.54, 1.807) is 0 Å². The molecule has 0 amide bonds. The first-order chi connectivity index (χ1) is 38.0. The van der Waals surface area contributed by atoms with E-state index in [0.717, 1.165) is 109 Å². The van der Waals surface area contributed by atoms with E-state index in [9.17, 15) is 14.4 Å². The molecule has 0 radical (unpaired) electrons. The SMILES string of the molecule is CC/C=C\C/C=C\C/C=C\C/C=C\CCCCCCCCCCCCCCCCCCC(=O)OCC(COC(=O)CCCCCCCCC)OC(=O)CCCCCCCCCCCC/C=C\C/C=C\C/C=C\C/C=C\CC. The lowest BCUT2D eigenvalue weighted by Crippen LogP contribution is -2.30. The quantitative estimate of drug-likeness (QED) is 0.0261. The minimum atomic E-state index is -0.777. The van der Waals surface area contributed by atoms with Crippen LogP contribution in [0.3, 0.4) is 0 Å². The van der Waals surface area contributed by atoms with Crippen LogP contribution < -0.4 is 0 Å². The van der Waals surface area contributed by atoms with Crippen molar-refractivity contribution >= 4 is 17.9 Å². The summed E-state index contributed by atoms with van der Waals surface area (Å²) in [5.41, 5.74) is 0.